The zero-order chi connectivity index (χ0) is 26.3. The number of para-hydroxylation sites is 2. The largest absolute Gasteiger partial charge is 0.374 e. The fourth-order valence-corrected chi connectivity index (χ4v) is 5.80. The third-order valence-corrected chi connectivity index (χ3v) is 7.75. The second kappa shape index (κ2) is 9.67. The molecule has 0 unspecified atom stereocenters. The highest BCUT2D eigenvalue weighted by Gasteiger charge is 2.37. The molecule has 0 atom stereocenters. The van der Waals surface area contributed by atoms with Crippen LogP contribution in [0.25, 0.3) is 10.8 Å². The van der Waals surface area contributed by atoms with Crippen molar-refractivity contribution in [3.05, 3.63) is 101 Å². The Bertz CT molecular complexity index is 1720. The highest BCUT2D eigenvalue weighted by Crippen LogP contribution is 2.38. The van der Waals surface area contributed by atoms with E-state index in [1.54, 1.807) is 23.1 Å². The van der Waals surface area contributed by atoms with E-state index in [1.165, 1.54) is 18.2 Å². The molecule has 4 N–H and O–H groups in total. The summed E-state index contributed by atoms with van der Waals surface area (Å²) in [6.45, 7) is 0.287. The van der Waals surface area contributed by atoms with E-state index in [2.05, 4.69) is 21.0 Å². The molecule has 1 aliphatic heterocycles. The number of halogens is 1. The van der Waals surface area contributed by atoms with Crippen LogP contribution in [-0.4, -0.2) is 25.1 Å². The molecule has 1 heterocycles. The smallest absolute Gasteiger partial charge is 0.279 e. The molecule has 37 heavy (non-hydrogen) atoms. The molecule has 186 valence electrons. The minimum Gasteiger partial charge on any atom is -0.374 e. The van der Waals surface area contributed by atoms with Crippen LogP contribution in [0.4, 0.5) is 11.4 Å². The fourth-order valence-electron chi connectivity index (χ4n) is 4.37. The second-order valence-electron chi connectivity index (χ2n) is 8.28. The number of hydrogen-bond donors (Lipinski definition) is 2. The summed E-state index contributed by atoms with van der Waals surface area (Å²) < 4.78 is 25.2. The number of rotatable bonds is 5. The van der Waals surface area contributed by atoms with Gasteiger partial charge in [-0.2, -0.15) is 5.10 Å². The van der Waals surface area contributed by atoms with Gasteiger partial charge in [0.15, 0.2) is 10.8 Å². The van der Waals surface area contributed by atoms with E-state index >= 15 is 0 Å². The summed E-state index contributed by atoms with van der Waals surface area (Å²) in [4.78, 5) is 15.3. The number of carbonyl (C=O) groups excluding carboxylic acids is 1. The van der Waals surface area contributed by atoms with Crippen molar-refractivity contribution in [3.8, 4) is 0 Å². The topological polar surface area (TPSA) is 122 Å². The van der Waals surface area contributed by atoms with Crippen LogP contribution in [0.2, 0.25) is 0 Å². The van der Waals surface area contributed by atoms with Crippen molar-refractivity contribution in [1.29, 1.82) is 0 Å². The van der Waals surface area contributed by atoms with E-state index < -0.39 is 10.0 Å². The Morgan fingerprint density at radius 3 is 2.41 bits per heavy atom. The number of amides is 1. The predicted octanol–water partition coefficient (Wildman–Crippen LogP) is 4.25. The first-order valence-electron chi connectivity index (χ1n) is 11.0. The lowest BCUT2D eigenvalue weighted by Gasteiger charge is -2.21. The Kier molecular flexibility index (Phi) is 6.54. The maximum Gasteiger partial charge on any atom is 0.279 e. The summed E-state index contributed by atoms with van der Waals surface area (Å²) in [5.41, 5.74) is 8.21. The molecule has 5 rings (SSSR count). The van der Waals surface area contributed by atoms with Crippen LogP contribution < -0.4 is 20.8 Å². The zero-order valence-corrected chi connectivity index (χ0v) is 22.4. The summed E-state index contributed by atoms with van der Waals surface area (Å²) >= 11 is 8.77. The minimum atomic E-state index is -4.13. The molecule has 1 aliphatic rings. The number of nitrogens with two attached hydrogens (primary N) is 2. The minimum absolute atomic E-state index is 0.0434. The van der Waals surface area contributed by atoms with Gasteiger partial charge >= 0.3 is 0 Å². The van der Waals surface area contributed by atoms with Gasteiger partial charge in [-0.3, -0.25) is 4.79 Å². The van der Waals surface area contributed by atoms with E-state index in [9.17, 15) is 13.2 Å². The first kappa shape index (κ1) is 25.0. The monoisotopic (exact) mass is 593 g/mol. The molecule has 4 aromatic rings. The van der Waals surface area contributed by atoms with Gasteiger partial charge in [-0.05, 0) is 62.7 Å². The van der Waals surface area contributed by atoms with E-state index in [0.29, 0.717) is 15.7 Å². The van der Waals surface area contributed by atoms with E-state index in [1.807, 2.05) is 48.5 Å². The van der Waals surface area contributed by atoms with Gasteiger partial charge in [0.05, 0.1) is 17.9 Å². The highest BCUT2D eigenvalue weighted by atomic mass is 79.9. The van der Waals surface area contributed by atoms with Crippen molar-refractivity contribution in [2.45, 2.75) is 11.4 Å². The Morgan fingerprint density at radius 2 is 1.65 bits per heavy atom. The molecule has 0 fully saturated rings. The molecular formula is C26H20BrN5O3S2. The van der Waals surface area contributed by atoms with Crippen molar-refractivity contribution in [2.24, 2.45) is 16.0 Å². The molecule has 4 aromatic carbocycles. The molecule has 0 bridgehead atoms. The van der Waals surface area contributed by atoms with Crippen LogP contribution in [-0.2, 0) is 21.4 Å². The van der Waals surface area contributed by atoms with Crippen molar-refractivity contribution in [3.63, 3.8) is 0 Å². The number of sulfonamides is 1. The number of nitrogens with zero attached hydrogens (tertiary/aromatic N) is 3. The van der Waals surface area contributed by atoms with Crippen LogP contribution in [0.5, 0.6) is 0 Å². The Balaban J connectivity index is 1.65. The molecule has 11 heteroatoms. The first-order chi connectivity index (χ1) is 17.7. The lowest BCUT2D eigenvalue weighted by molar-refractivity contribution is -0.112. The molecular weight excluding hydrogens is 574 g/mol. The quantitative estimate of drug-likeness (QED) is 0.263. The Morgan fingerprint density at radius 1 is 0.973 bits per heavy atom. The van der Waals surface area contributed by atoms with Crippen LogP contribution in [0, 0.1) is 0 Å². The summed E-state index contributed by atoms with van der Waals surface area (Å²) in [5, 5.41) is 12.8. The normalized spacial score (nSPS) is 14.3. The summed E-state index contributed by atoms with van der Waals surface area (Å²) in [5.74, 6) is -0.385. The molecule has 1 amide bonds. The number of thiocarbonyl (C=S) groups is 1. The van der Waals surface area contributed by atoms with Gasteiger partial charge in [0, 0.05) is 10.0 Å². The number of hydrazone groups is 1. The van der Waals surface area contributed by atoms with Gasteiger partial charge in [-0.1, -0.05) is 66.7 Å². The zero-order valence-electron chi connectivity index (χ0n) is 19.2. The lowest BCUT2D eigenvalue weighted by Crippen LogP contribution is -2.36. The van der Waals surface area contributed by atoms with E-state index in [0.717, 1.165) is 21.3 Å². The van der Waals surface area contributed by atoms with Crippen LogP contribution in [0.1, 0.15) is 11.1 Å². The first-order valence-corrected chi connectivity index (χ1v) is 13.8. The standard InChI is InChI=1S/C26H20BrN5O3S2/c27-20-12-6-11-19-23(30-32(26(28)36)21-13-3-4-14-22(21)37(29,34)35)25(33)31(24(19)20)15-17-9-5-8-16-7-1-2-10-18(16)17/h1-14H,15H2,(H2,28,36)(H2,29,34,35)/b30-23-. The van der Waals surface area contributed by atoms with E-state index in [4.69, 9.17) is 23.1 Å². The number of benzene rings is 4. The third-order valence-electron chi connectivity index (χ3n) is 5.98. The molecule has 0 saturated heterocycles. The van der Waals surface area contributed by atoms with Gasteiger partial charge in [0.1, 0.15) is 4.90 Å². The molecule has 0 aromatic heterocycles. The van der Waals surface area contributed by atoms with Crippen molar-refractivity contribution in [1.82, 2.24) is 0 Å². The van der Waals surface area contributed by atoms with Crippen LogP contribution >= 0.6 is 28.1 Å². The van der Waals surface area contributed by atoms with E-state index in [-0.39, 0.29) is 33.9 Å². The van der Waals surface area contributed by atoms with Gasteiger partial charge in [0.25, 0.3) is 5.91 Å². The van der Waals surface area contributed by atoms with Gasteiger partial charge < -0.3 is 10.6 Å². The molecule has 8 nitrogen and oxygen atoms in total. The predicted molar refractivity (Wildman–Crippen MR) is 153 cm³/mol. The lowest BCUT2D eigenvalue weighted by atomic mass is 10.0. The SMILES string of the molecule is NC(=S)N(/N=C1\C(=O)N(Cc2cccc3ccccc23)c2c(Br)cccc21)c1ccccc1S(N)(=O)=O. The number of fused-ring (bicyclic) bond motifs is 2. The van der Waals surface area contributed by atoms with Crippen molar-refractivity contribution in [2.75, 3.05) is 9.91 Å². The fraction of sp³-hybridized carbons (Fsp3) is 0.0385. The maximum atomic E-state index is 13.8. The van der Waals surface area contributed by atoms with Crippen molar-refractivity contribution >= 4 is 77.0 Å². The number of carbonyl (C=O) groups is 1. The summed E-state index contributed by atoms with van der Waals surface area (Å²) in [6.07, 6.45) is 0. The average Bonchev–Trinajstić information content (AvgIpc) is 3.13. The molecule has 0 radical (unpaired) electrons. The number of anilines is 2. The third kappa shape index (κ3) is 4.62. The molecule has 0 aliphatic carbocycles. The van der Waals surface area contributed by atoms with Gasteiger partial charge in [-0.15, -0.1) is 0 Å². The number of hydrogen-bond acceptors (Lipinski definition) is 5. The van der Waals surface area contributed by atoms with Crippen LogP contribution in [0.15, 0.2) is 99.4 Å². The Labute approximate surface area is 227 Å². The number of primary sulfonamides is 1. The average molecular weight is 595 g/mol. The van der Waals surface area contributed by atoms with Gasteiger partial charge in [-0.25, -0.2) is 18.6 Å². The molecule has 0 spiro atoms. The Hall–Kier alpha value is -3.64. The van der Waals surface area contributed by atoms with Crippen LogP contribution in [0.3, 0.4) is 0 Å². The van der Waals surface area contributed by atoms with Gasteiger partial charge in [0.2, 0.25) is 10.0 Å². The highest BCUT2D eigenvalue weighted by molar-refractivity contribution is 9.10. The van der Waals surface area contributed by atoms with Crippen molar-refractivity contribution < 1.29 is 13.2 Å². The summed E-state index contributed by atoms with van der Waals surface area (Å²) in [7, 11) is -4.13. The second-order valence-corrected chi connectivity index (χ2v) is 11.1. The molecule has 0 saturated carbocycles. The summed E-state index contributed by atoms with van der Waals surface area (Å²) in [6, 6.07) is 25.2. The maximum absolute atomic E-state index is 13.8.